The number of benzene rings is 2. The van der Waals surface area contributed by atoms with E-state index in [1.54, 1.807) is 34.1 Å². The van der Waals surface area contributed by atoms with Crippen LogP contribution >= 0.6 is 0 Å². The molecule has 1 aromatic heterocycles. The summed E-state index contributed by atoms with van der Waals surface area (Å²) < 4.78 is 1.64. The third-order valence-corrected chi connectivity index (χ3v) is 6.44. The summed E-state index contributed by atoms with van der Waals surface area (Å²) >= 11 is 0. The molecule has 188 valence electrons. The molecule has 2 aromatic carbocycles. The van der Waals surface area contributed by atoms with Crippen molar-refractivity contribution in [2.45, 2.75) is 46.5 Å². The van der Waals surface area contributed by atoms with Gasteiger partial charge in [0.15, 0.2) is 0 Å². The lowest BCUT2D eigenvalue weighted by molar-refractivity contribution is -0.124. The number of aromatic nitrogens is 2. The maximum absolute atomic E-state index is 13.2. The van der Waals surface area contributed by atoms with E-state index in [0.717, 1.165) is 29.7 Å². The number of likely N-dealkylation sites (tertiary alicyclic amines) is 1. The fourth-order valence-electron chi connectivity index (χ4n) is 4.70. The third kappa shape index (κ3) is 6.47. The van der Waals surface area contributed by atoms with Gasteiger partial charge in [-0.25, -0.2) is 4.68 Å². The predicted molar refractivity (Wildman–Crippen MR) is 140 cm³/mol. The first kappa shape index (κ1) is 25.4. The monoisotopic (exact) mass is 486 g/mol. The Balaban J connectivity index is 1.40. The Morgan fingerprint density at radius 1 is 1.11 bits per heavy atom. The summed E-state index contributed by atoms with van der Waals surface area (Å²) in [5.41, 5.74) is 3.95. The van der Waals surface area contributed by atoms with Crippen LogP contribution in [0.15, 0.2) is 60.9 Å². The van der Waals surface area contributed by atoms with Crippen molar-refractivity contribution in [2.24, 2.45) is 11.8 Å². The minimum atomic E-state index is -0.115. The smallest absolute Gasteiger partial charge is 0.253 e. The highest BCUT2D eigenvalue weighted by molar-refractivity contribution is 5.95. The quantitative estimate of drug-likeness (QED) is 0.494. The molecule has 0 saturated carbocycles. The van der Waals surface area contributed by atoms with E-state index < -0.39 is 0 Å². The SMILES string of the molecule is Cc1cccc(CC(=O)Nc2cnn(-c3cccc(C(=O)N4CCC[C@H](C(=O)CC(C)C)C4)c3)c2)c1. The summed E-state index contributed by atoms with van der Waals surface area (Å²) in [6.07, 6.45) is 5.86. The lowest BCUT2D eigenvalue weighted by atomic mass is 9.89. The van der Waals surface area contributed by atoms with E-state index >= 15 is 0 Å². The van der Waals surface area contributed by atoms with Gasteiger partial charge in [-0.3, -0.25) is 14.4 Å². The van der Waals surface area contributed by atoms with Gasteiger partial charge in [0.25, 0.3) is 5.91 Å². The Morgan fingerprint density at radius 3 is 2.69 bits per heavy atom. The van der Waals surface area contributed by atoms with Crippen LogP contribution in [0.2, 0.25) is 0 Å². The van der Waals surface area contributed by atoms with Crippen molar-refractivity contribution < 1.29 is 14.4 Å². The molecule has 3 aromatic rings. The fourth-order valence-corrected chi connectivity index (χ4v) is 4.70. The summed E-state index contributed by atoms with van der Waals surface area (Å²) in [4.78, 5) is 40.1. The molecule has 0 spiro atoms. The summed E-state index contributed by atoms with van der Waals surface area (Å²) in [6.45, 7) is 7.23. The molecule has 1 atom stereocenters. The number of anilines is 1. The van der Waals surface area contributed by atoms with Gasteiger partial charge < -0.3 is 10.2 Å². The van der Waals surface area contributed by atoms with Crippen LogP contribution in [0.25, 0.3) is 5.69 Å². The van der Waals surface area contributed by atoms with Gasteiger partial charge in [0.2, 0.25) is 5.91 Å². The number of carbonyl (C=O) groups is 3. The number of Topliss-reactive ketones (excluding diaryl/α,β-unsaturated/α-hetero) is 1. The van der Waals surface area contributed by atoms with Crippen molar-refractivity contribution in [3.8, 4) is 5.69 Å². The van der Waals surface area contributed by atoms with Gasteiger partial charge in [-0.2, -0.15) is 5.10 Å². The standard InChI is InChI=1S/C29H34N4O3/c1-20(2)13-27(34)24-10-6-12-32(18-24)29(36)23-9-5-11-26(16-23)33-19-25(17-30-33)31-28(35)15-22-8-4-7-21(3)14-22/h4-5,7-9,11,14,16-17,19-20,24H,6,10,12-13,15,18H2,1-3H3,(H,31,35)/t24-/m0/s1. The topological polar surface area (TPSA) is 84.3 Å². The molecular weight excluding hydrogens is 452 g/mol. The van der Waals surface area contributed by atoms with Gasteiger partial charge in [0.1, 0.15) is 5.78 Å². The summed E-state index contributed by atoms with van der Waals surface area (Å²) in [5, 5.41) is 7.26. The largest absolute Gasteiger partial charge is 0.338 e. The van der Waals surface area contributed by atoms with Crippen LogP contribution in [-0.4, -0.2) is 45.4 Å². The number of nitrogens with one attached hydrogen (secondary N) is 1. The first-order valence-electron chi connectivity index (χ1n) is 12.6. The minimum Gasteiger partial charge on any atom is -0.338 e. The molecule has 2 heterocycles. The zero-order chi connectivity index (χ0) is 25.7. The van der Waals surface area contributed by atoms with Crippen LogP contribution in [0.5, 0.6) is 0 Å². The van der Waals surface area contributed by atoms with E-state index in [0.29, 0.717) is 36.7 Å². The highest BCUT2D eigenvalue weighted by Gasteiger charge is 2.29. The number of aryl methyl sites for hydroxylation is 1. The number of hydrogen-bond donors (Lipinski definition) is 1. The number of hydrogen-bond acceptors (Lipinski definition) is 4. The lowest BCUT2D eigenvalue weighted by Gasteiger charge is -2.32. The van der Waals surface area contributed by atoms with Crippen LogP contribution in [0, 0.1) is 18.8 Å². The molecule has 4 rings (SSSR count). The number of piperidine rings is 1. The van der Waals surface area contributed by atoms with Crippen molar-refractivity contribution in [1.29, 1.82) is 0 Å². The van der Waals surface area contributed by atoms with Crippen LogP contribution in [0.3, 0.4) is 0 Å². The van der Waals surface area contributed by atoms with Crippen LogP contribution < -0.4 is 5.32 Å². The maximum Gasteiger partial charge on any atom is 0.253 e. The molecule has 2 amide bonds. The van der Waals surface area contributed by atoms with Gasteiger partial charge >= 0.3 is 0 Å². The summed E-state index contributed by atoms with van der Waals surface area (Å²) in [6, 6.07) is 15.2. The second kappa shape index (κ2) is 11.3. The molecular formula is C29H34N4O3. The fraction of sp³-hybridized carbons (Fsp3) is 0.379. The van der Waals surface area contributed by atoms with Gasteiger partial charge in [-0.1, -0.05) is 49.7 Å². The maximum atomic E-state index is 13.2. The van der Waals surface area contributed by atoms with Crippen molar-refractivity contribution in [2.75, 3.05) is 18.4 Å². The molecule has 0 radical (unpaired) electrons. The Morgan fingerprint density at radius 2 is 1.92 bits per heavy atom. The summed E-state index contributed by atoms with van der Waals surface area (Å²) in [5.74, 6) is 0.315. The Labute approximate surface area is 212 Å². The molecule has 0 unspecified atom stereocenters. The average molecular weight is 487 g/mol. The zero-order valence-corrected chi connectivity index (χ0v) is 21.2. The van der Waals surface area contributed by atoms with Crippen LogP contribution in [0.4, 0.5) is 5.69 Å². The first-order valence-corrected chi connectivity index (χ1v) is 12.6. The average Bonchev–Trinajstić information content (AvgIpc) is 3.31. The molecule has 0 aliphatic carbocycles. The second-order valence-electron chi connectivity index (χ2n) is 10.1. The van der Waals surface area contributed by atoms with E-state index in [-0.39, 0.29) is 29.9 Å². The van der Waals surface area contributed by atoms with Gasteiger partial charge in [0, 0.05) is 31.0 Å². The molecule has 1 aliphatic heterocycles. The second-order valence-corrected chi connectivity index (χ2v) is 10.1. The van der Waals surface area contributed by atoms with Crippen molar-refractivity contribution >= 4 is 23.3 Å². The predicted octanol–water partition coefficient (Wildman–Crippen LogP) is 4.83. The minimum absolute atomic E-state index is 0.0715. The van der Waals surface area contributed by atoms with Crippen molar-refractivity contribution in [1.82, 2.24) is 14.7 Å². The molecule has 1 fully saturated rings. The molecule has 0 bridgehead atoms. The Kier molecular flexibility index (Phi) is 7.98. The van der Waals surface area contributed by atoms with E-state index in [1.807, 2.05) is 57.2 Å². The van der Waals surface area contributed by atoms with Crippen LogP contribution in [-0.2, 0) is 16.0 Å². The van der Waals surface area contributed by atoms with Gasteiger partial charge in [-0.05, 0) is 49.4 Å². The molecule has 1 N–H and O–H groups in total. The number of rotatable bonds is 8. The zero-order valence-electron chi connectivity index (χ0n) is 21.2. The number of carbonyl (C=O) groups excluding carboxylic acids is 3. The van der Waals surface area contributed by atoms with Gasteiger partial charge in [-0.15, -0.1) is 0 Å². The van der Waals surface area contributed by atoms with E-state index in [1.165, 1.54) is 0 Å². The van der Waals surface area contributed by atoms with Gasteiger partial charge in [0.05, 0.1) is 30.2 Å². The van der Waals surface area contributed by atoms with Crippen molar-refractivity contribution in [3.63, 3.8) is 0 Å². The first-order chi connectivity index (χ1) is 17.3. The third-order valence-electron chi connectivity index (χ3n) is 6.44. The number of ketones is 1. The highest BCUT2D eigenvalue weighted by atomic mass is 16.2. The van der Waals surface area contributed by atoms with Crippen LogP contribution in [0.1, 0.15) is 54.6 Å². The molecule has 1 aliphatic rings. The Bertz CT molecular complexity index is 1250. The highest BCUT2D eigenvalue weighted by Crippen LogP contribution is 2.23. The molecule has 36 heavy (non-hydrogen) atoms. The number of nitrogens with zero attached hydrogens (tertiary/aromatic N) is 3. The van der Waals surface area contributed by atoms with Crippen molar-refractivity contribution in [3.05, 3.63) is 77.6 Å². The lowest BCUT2D eigenvalue weighted by Crippen LogP contribution is -2.42. The van der Waals surface area contributed by atoms with E-state index in [4.69, 9.17) is 0 Å². The van der Waals surface area contributed by atoms with E-state index in [2.05, 4.69) is 10.4 Å². The Hall–Kier alpha value is -3.74. The molecule has 7 heteroatoms. The number of amides is 2. The molecule has 1 saturated heterocycles. The summed E-state index contributed by atoms with van der Waals surface area (Å²) in [7, 11) is 0. The van der Waals surface area contributed by atoms with E-state index in [9.17, 15) is 14.4 Å². The molecule has 7 nitrogen and oxygen atoms in total. The normalized spacial score (nSPS) is 15.7.